The van der Waals surface area contributed by atoms with Gasteiger partial charge in [-0.15, -0.1) is 23.2 Å². The molecule has 0 amide bonds. The maximum absolute atomic E-state index is 11.3. The summed E-state index contributed by atoms with van der Waals surface area (Å²) in [6.45, 7) is 3.54. The van der Waals surface area contributed by atoms with Gasteiger partial charge < -0.3 is 0 Å². The monoisotopic (exact) mass is 244 g/mol. The average molecular weight is 245 g/mol. The molecule has 0 spiro atoms. The molecule has 0 saturated heterocycles. The predicted octanol–water partition coefficient (Wildman–Crippen LogP) is 3.86. The van der Waals surface area contributed by atoms with Crippen LogP contribution < -0.4 is 0 Å². The van der Waals surface area contributed by atoms with E-state index in [-0.39, 0.29) is 5.78 Å². The zero-order valence-corrected chi connectivity index (χ0v) is 10.4. The molecule has 0 aliphatic carbocycles. The number of hydrogen-bond donors (Lipinski definition) is 0. The second-order valence-electron chi connectivity index (χ2n) is 3.45. The van der Waals surface area contributed by atoms with E-state index in [4.69, 9.17) is 23.2 Å². The molecule has 0 bridgehead atoms. The van der Waals surface area contributed by atoms with Crippen LogP contribution in [0.25, 0.3) is 0 Å². The Morgan fingerprint density at radius 3 is 2.47 bits per heavy atom. The van der Waals surface area contributed by atoms with E-state index < -0.39 is 5.38 Å². The highest BCUT2D eigenvalue weighted by Gasteiger charge is 2.19. The molecule has 1 unspecified atom stereocenters. The van der Waals surface area contributed by atoms with Crippen LogP contribution in [0.5, 0.6) is 0 Å². The molecule has 3 heteroatoms. The molecule has 0 aromatic heterocycles. The normalized spacial score (nSPS) is 12.5. The van der Waals surface area contributed by atoms with Crippen molar-refractivity contribution in [3.63, 3.8) is 0 Å². The minimum absolute atomic E-state index is 0.0380. The number of alkyl halides is 2. The smallest absolute Gasteiger partial charge is 0.152 e. The Kier molecular flexibility index (Phi) is 4.62. The summed E-state index contributed by atoms with van der Waals surface area (Å²) >= 11 is 11.9. The standard InChI is InChI=1S/C12H14Cl2O/c1-3-9-5-4-6-10(7-13)11(9)12(14)8(2)15/h4-6,12H,3,7H2,1-2H3. The van der Waals surface area contributed by atoms with Crippen LogP contribution in [-0.4, -0.2) is 5.78 Å². The number of ketones is 1. The largest absolute Gasteiger partial charge is 0.298 e. The first kappa shape index (κ1) is 12.5. The molecule has 82 valence electrons. The van der Waals surface area contributed by atoms with Crippen LogP contribution in [0.15, 0.2) is 18.2 Å². The van der Waals surface area contributed by atoms with Crippen LogP contribution in [-0.2, 0) is 17.1 Å². The molecule has 0 saturated carbocycles. The third-order valence-electron chi connectivity index (χ3n) is 2.42. The summed E-state index contributed by atoms with van der Waals surface area (Å²) in [5, 5.41) is -0.574. The number of carbonyl (C=O) groups is 1. The molecular weight excluding hydrogens is 231 g/mol. The lowest BCUT2D eigenvalue weighted by molar-refractivity contribution is -0.116. The minimum Gasteiger partial charge on any atom is -0.298 e. The van der Waals surface area contributed by atoms with E-state index in [1.165, 1.54) is 6.92 Å². The van der Waals surface area contributed by atoms with Gasteiger partial charge in [0.25, 0.3) is 0 Å². The molecule has 0 aliphatic rings. The van der Waals surface area contributed by atoms with Gasteiger partial charge in [-0.05, 0) is 30.0 Å². The Labute approximate surface area is 100 Å². The summed E-state index contributed by atoms with van der Waals surface area (Å²) in [5.74, 6) is 0.351. The topological polar surface area (TPSA) is 17.1 Å². The molecule has 1 aromatic rings. The van der Waals surface area contributed by atoms with Gasteiger partial charge in [0.15, 0.2) is 5.78 Å². The molecule has 0 aliphatic heterocycles. The first-order chi connectivity index (χ1) is 7.11. The number of halogens is 2. The zero-order valence-electron chi connectivity index (χ0n) is 8.89. The number of rotatable bonds is 4. The fourth-order valence-corrected chi connectivity index (χ4v) is 2.13. The van der Waals surface area contributed by atoms with Gasteiger partial charge in [0, 0.05) is 5.88 Å². The second-order valence-corrected chi connectivity index (χ2v) is 4.15. The summed E-state index contributed by atoms with van der Waals surface area (Å²) in [7, 11) is 0. The molecule has 1 atom stereocenters. The predicted molar refractivity (Wildman–Crippen MR) is 64.7 cm³/mol. The number of hydrogen-bond acceptors (Lipinski definition) is 1. The van der Waals surface area contributed by atoms with Gasteiger partial charge in [0.05, 0.1) is 0 Å². The van der Waals surface area contributed by atoms with E-state index in [0.717, 1.165) is 23.1 Å². The quantitative estimate of drug-likeness (QED) is 0.736. The lowest BCUT2D eigenvalue weighted by atomic mass is 9.95. The van der Waals surface area contributed by atoms with Crippen molar-refractivity contribution >= 4 is 29.0 Å². The molecule has 15 heavy (non-hydrogen) atoms. The summed E-state index contributed by atoms with van der Waals surface area (Å²) in [6, 6.07) is 5.85. The third-order valence-corrected chi connectivity index (χ3v) is 3.24. The van der Waals surface area contributed by atoms with E-state index in [2.05, 4.69) is 0 Å². The molecule has 0 heterocycles. The second kappa shape index (κ2) is 5.53. The highest BCUT2D eigenvalue weighted by molar-refractivity contribution is 6.31. The summed E-state index contributed by atoms with van der Waals surface area (Å²) in [5.41, 5.74) is 2.94. The molecule has 0 N–H and O–H groups in total. The Morgan fingerprint density at radius 2 is 2.00 bits per heavy atom. The number of Topliss-reactive ketones (excluding diaryl/α,β-unsaturated/α-hetero) is 1. The van der Waals surface area contributed by atoms with Gasteiger partial charge in [-0.1, -0.05) is 25.1 Å². The van der Waals surface area contributed by atoms with Crippen molar-refractivity contribution in [1.29, 1.82) is 0 Å². The van der Waals surface area contributed by atoms with Crippen molar-refractivity contribution in [1.82, 2.24) is 0 Å². The minimum atomic E-state index is -0.574. The Hall–Kier alpha value is -0.530. The Morgan fingerprint density at radius 1 is 1.40 bits per heavy atom. The zero-order chi connectivity index (χ0) is 11.4. The van der Waals surface area contributed by atoms with Gasteiger partial charge in [0.1, 0.15) is 5.38 Å². The lowest BCUT2D eigenvalue weighted by Gasteiger charge is -2.15. The number of benzene rings is 1. The fraction of sp³-hybridized carbons (Fsp3) is 0.417. The highest BCUT2D eigenvalue weighted by atomic mass is 35.5. The molecule has 1 nitrogen and oxygen atoms in total. The van der Waals surface area contributed by atoms with Gasteiger partial charge in [0.2, 0.25) is 0 Å². The van der Waals surface area contributed by atoms with Crippen molar-refractivity contribution in [2.45, 2.75) is 31.5 Å². The van der Waals surface area contributed by atoms with Crippen molar-refractivity contribution in [3.05, 3.63) is 34.9 Å². The number of carbonyl (C=O) groups excluding carboxylic acids is 1. The molecule has 0 radical (unpaired) electrons. The van der Waals surface area contributed by atoms with Crippen LogP contribution >= 0.6 is 23.2 Å². The first-order valence-corrected chi connectivity index (χ1v) is 5.90. The van der Waals surface area contributed by atoms with E-state index >= 15 is 0 Å². The molecular formula is C12H14Cl2O. The Bertz CT molecular complexity index is 338. The summed E-state index contributed by atoms with van der Waals surface area (Å²) in [6.07, 6.45) is 0.858. The van der Waals surface area contributed by atoms with Gasteiger partial charge in [-0.2, -0.15) is 0 Å². The van der Waals surface area contributed by atoms with E-state index in [1.54, 1.807) is 0 Å². The van der Waals surface area contributed by atoms with Gasteiger partial charge in [-0.25, -0.2) is 0 Å². The lowest BCUT2D eigenvalue weighted by Crippen LogP contribution is -2.08. The van der Waals surface area contributed by atoms with Crippen molar-refractivity contribution in [3.8, 4) is 0 Å². The van der Waals surface area contributed by atoms with Crippen molar-refractivity contribution in [2.24, 2.45) is 0 Å². The maximum Gasteiger partial charge on any atom is 0.152 e. The molecule has 1 aromatic carbocycles. The summed E-state index contributed by atoms with van der Waals surface area (Å²) in [4.78, 5) is 11.3. The number of aryl methyl sites for hydroxylation is 1. The average Bonchev–Trinajstić information content (AvgIpc) is 2.26. The van der Waals surface area contributed by atoms with Crippen LogP contribution in [0.2, 0.25) is 0 Å². The van der Waals surface area contributed by atoms with Crippen LogP contribution in [0.4, 0.5) is 0 Å². The van der Waals surface area contributed by atoms with E-state index in [1.807, 2.05) is 25.1 Å². The van der Waals surface area contributed by atoms with E-state index in [9.17, 15) is 4.79 Å². The fourth-order valence-electron chi connectivity index (χ4n) is 1.62. The highest BCUT2D eigenvalue weighted by Crippen LogP contribution is 2.29. The third kappa shape index (κ3) is 2.73. The van der Waals surface area contributed by atoms with Crippen LogP contribution in [0.3, 0.4) is 0 Å². The van der Waals surface area contributed by atoms with Crippen LogP contribution in [0, 0.1) is 0 Å². The molecule has 0 fully saturated rings. The van der Waals surface area contributed by atoms with Crippen LogP contribution in [0.1, 0.15) is 35.9 Å². The van der Waals surface area contributed by atoms with Crippen molar-refractivity contribution < 1.29 is 4.79 Å². The van der Waals surface area contributed by atoms with E-state index in [0.29, 0.717) is 5.88 Å². The Balaban J connectivity index is 3.27. The first-order valence-electron chi connectivity index (χ1n) is 4.93. The molecule has 1 rings (SSSR count). The summed E-state index contributed by atoms with van der Waals surface area (Å²) < 4.78 is 0. The van der Waals surface area contributed by atoms with Gasteiger partial charge in [-0.3, -0.25) is 4.79 Å². The van der Waals surface area contributed by atoms with Gasteiger partial charge >= 0.3 is 0 Å². The SMILES string of the molecule is CCc1cccc(CCl)c1C(Cl)C(C)=O. The maximum atomic E-state index is 11.3. The van der Waals surface area contributed by atoms with Crippen molar-refractivity contribution in [2.75, 3.05) is 0 Å².